The van der Waals surface area contributed by atoms with Gasteiger partial charge in [0.25, 0.3) is 0 Å². The highest BCUT2D eigenvalue weighted by Gasteiger charge is 2.40. The van der Waals surface area contributed by atoms with Crippen molar-refractivity contribution in [2.75, 3.05) is 44.0 Å². The number of hydrogen-bond acceptors (Lipinski definition) is 8. The van der Waals surface area contributed by atoms with Crippen molar-refractivity contribution in [2.24, 2.45) is 0 Å². The van der Waals surface area contributed by atoms with Gasteiger partial charge in [0.1, 0.15) is 23.5 Å². The maximum atomic E-state index is 8.77. The minimum absolute atomic E-state index is 0.0861. The molecule has 0 amide bonds. The van der Waals surface area contributed by atoms with Crippen LogP contribution in [0.25, 0.3) is 0 Å². The first-order chi connectivity index (χ1) is 15.3. The first-order valence-corrected chi connectivity index (χ1v) is 11.3. The molecule has 2 aromatic rings. The van der Waals surface area contributed by atoms with E-state index < -0.39 is 0 Å². The van der Waals surface area contributed by atoms with Gasteiger partial charge in [-0.1, -0.05) is 0 Å². The van der Waals surface area contributed by atoms with Crippen LogP contribution in [0.2, 0.25) is 0 Å². The average Bonchev–Trinajstić information content (AvgIpc) is 3.51. The summed E-state index contributed by atoms with van der Waals surface area (Å²) in [5.41, 5.74) is 8.12. The van der Waals surface area contributed by atoms with Gasteiger partial charge in [0.15, 0.2) is 0 Å². The number of rotatable bonds is 8. The molecule has 2 heterocycles. The van der Waals surface area contributed by atoms with Crippen molar-refractivity contribution in [3.05, 3.63) is 41.9 Å². The molecule has 3 N–H and O–H groups in total. The van der Waals surface area contributed by atoms with Crippen LogP contribution in [0.3, 0.4) is 0 Å². The van der Waals surface area contributed by atoms with Crippen LogP contribution in [0.4, 0.5) is 11.5 Å². The molecule has 8 nitrogen and oxygen atoms in total. The first kappa shape index (κ1) is 22.5. The zero-order valence-corrected chi connectivity index (χ0v) is 19.5. The summed E-state index contributed by atoms with van der Waals surface area (Å²) in [6.45, 7) is 9.92. The standard InChI is InChI=1S/C24H34N6O2/c1-16-13-29(9-10-30(16)17(2)14-31-4)22-12-21(27-15-28-22)23(26)19-11-18(5-6-20(19)25)32-24(3)7-8-24/h5-6,11-12,15-17,26H,7-10,13-14,25H2,1-4H3. The van der Waals surface area contributed by atoms with Crippen molar-refractivity contribution in [2.45, 2.75) is 51.3 Å². The number of methoxy groups -OCH3 is 1. The number of anilines is 2. The minimum atomic E-state index is -0.0861. The third kappa shape index (κ3) is 4.86. The van der Waals surface area contributed by atoms with Gasteiger partial charge in [0.2, 0.25) is 0 Å². The highest BCUT2D eigenvalue weighted by atomic mass is 16.5. The van der Waals surface area contributed by atoms with Crippen LogP contribution in [-0.4, -0.2) is 71.6 Å². The van der Waals surface area contributed by atoms with Crippen molar-refractivity contribution in [1.29, 1.82) is 5.41 Å². The summed E-state index contributed by atoms with van der Waals surface area (Å²) in [6.07, 6.45) is 3.64. The predicted molar refractivity (Wildman–Crippen MR) is 127 cm³/mol. The molecule has 1 aromatic heterocycles. The molecule has 1 saturated heterocycles. The van der Waals surface area contributed by atoms with E-state index in [1.54, 1.807) is 13.2 Å². The lowest BCUT2D eigenvalue weighted by Gasteiger charge is -2.43. The lowest BCUT2D eigenvalue weighted by Crippen LogP contribution is -2.56. The quantitative estimate of drug-likeness (QED) is 0.483. The molecule has 1 aliphatic carbocycles. The molecule has 1 aliphatic heterocycles. The lowest BCUT2D eigenvalue weighted by atomic mass is 10.0. The van der Waals surface area contributed by atoms with Crippen LogP contribution in [0.1, 0.15) is 44.9 Å². The van der Waals surface area contributed by atoms with E-state index in [0.29, 0.717) is 29.0 Å². The van der Waals surface area contributed by atoms with Crippen LogP contribution in [0.15, 0.2) is 30.6 Å². The van der Waals surface area contributed by atoms with Crippen LogP contribution < -0.4 is 15.4 Å². The summed E-state index contributed by atoms with van der Waals surface area (Å²) in [7, 11) is 1.75. The molecule has 32 heavy (non-hydrogen) atoms. The van der Waals surface area contributed by atoms with Crippen molar-refractivity contribution in [3.63, 3.8) is 0 Å². The average molecular weight is 439 g/mol. The Kier molecular flexibility index (Phi) is 6.35. The topological polar surface area (TPSA) is 101 Å². The molecule has 2 aliphatic rings. The monoisotopic (exact) mass is 438 g/mol. The highest BCUT2D eigenvalue weighted by Crippen LogP contribution is 2.40. The van der Waals surface area contributed by atoms with Gasteiger partial charge in [0.05, 0.1) is 18.0 Å². The molecule has 0 spiro atoms. The molecular weight excluding hydrogens is 404 g/mol. The van der Waals surface area contributed by atoms with E-state index in [2.05, 4.69) is 40.5 Å². The summed E-state index contributed by atoms with van der Waals surface area (Å²) < 4.78 is 11.4. The molecule has 2 unspecified atom stereocenters. The Morgan fingerprint density at radius 1 is 1.28 bits per heavy atom. The summed E-state index contributed by atoms with van der Waals surface area (Å²) >= 11 is 0. The second-order valence-corrected chi connectivity index (χ2v) is 9.27. The number of nitrogens with zero attached hydrogens (tertiary/aromatic N) is 4. The number of nitrogens with one attached hydrogen (secondary N) is 1. The Labute approximate surface area is 190 Å². The van der Waals surface area contributed by atoms with Gasteiger partial charge in [0, 0.05) is 56.1 Å². The number of piperazine rings is 1. The van der Waals surface area contributed by atoms with Crippen LogP contribution in [0.5, 0.6) is 5.75 Å². The zero-order valence-electron chi connectivity index (χ0n) is 19.5. The van der Waals surface area contributed by atoms with E-state index in [1.807, 2.05) is 18.2 Å². The van der Waals surface area contributed by atoms with E-state index in [1.165, 1.54) is 6.33 Å². The second kappa shape index (κ2) is 9.03. The van der Waals surface area contributed by atoms with Crippen molar-refractivity contribution < 1.29 is 9.47 Å². The molecule has 0 radical (unpaired) electrons. The number of aromatic nitrogens is 2. The van der Waals surface area contributed by atoms with Gasteiger partial charge in [-0.05, 0) is 51.8 Å². The summed E-state index contributed by atoms with van der Waals surface area (Å²) in [4.78, 5) is 13.6. The lowest BCUT2D eigenvalue weighted by molar-refractivity contribution is 0.0678. The van der Waals surface area contributed by atoms with E-state index in [-0.39, 0.29) is 11.3 Å². The normalized spacial score (nSPS) is 21.2. The third-order valence-electron chi connectivity index (χ3n) is 6.50. The van der Waals surface area contributed by atoms with E-state index >= 15 is 0 Å². The fraction of sp³-hybridized carbons (Fsp3) is 0.542. The fourth-order valence-corrected chi connectivity index (χ4v) is 4.34. The smallest absolute Gasteiger partial charge is 0.132 e. The molecule has 8 heteroatoms. The zero-order chi connectivity index (χ0) is 22.9. The van der Waals surface area contributed by atoms with E-state index in [0.717, 1.165) is 50.7 Å². The number of nitrogen functional groups attached to an aromatic ring is 1. The molecule has 4 rings (SSSR count). The van der Waals surface area contributed by atoms with Crippen LogP contribution in [-0.2, 0) is 4.74 Å². The van der Waals surface area contributed by atoms with Gasteiger partial charge in [-0.15, -0.1) is 0 Å². The number of hydrogen-bond donors (Lipinski definition) is 2. The van der Waals surface area contributed by atoms with Crippen molar-refractivity contribution in [1.82, 2.24) is 14.9 Å². The molecule has 2 atom stereocenters. The van der Waals surface area contributed by atoms with Crippen molar-refractivity contribution >= 4 is 17.2 Å². The minimum Gasteiger partial charge on any atom is -0.488 e. The number of benzene rings is 1. The third-order valence-corrected chi connectivity index (χ3v) is 6.50. The SMILES string of the molecule is COCC(C)N1CCN(c2cc(C(=N)c3cc(OC4(C)CC4)ccc3N)ncn2)CC1C. The number of nitrogens with two attached hydrogens (primary N) is 1. The van der Waals surface area contributed by atoms with Gasteiger partial charge < -0.3 is 20.1 Å². The Bertz CT molecular complexity index is 977. The summed E-state index contributed by atoms with van der Waals surface area (Å²) in [6, 6.07) is 8.16. The molecule has 172 valence electrons. The largest absolute Gasteiger partial charge is 0.488 e. The first-order valence-electron chi connectivity index (χ1n) is 11.3. The molecule has 0 bridgehead atoms. The Hall–Kier alpha value is -2.71. The number of ether oxygens (including phenoxy) is 2. The van der Waals surface area contributed by atoms with Gasteiger partial charge in [-0.25, -0.2) is 9.97 Å². The Balaban J connectivity index is 1.50. The maximum absolute atomic E-state index is 8.77. The fourth-order valence-electron chi connectivity index (χ4n) is 4.34. The van der Waals surface area contributed by atoms with Crippen molar-refractivity contribution in [3.8, 4) is 5.75 Å². The molecular formula is C24H34N6O2. The molecule has 2 fully saturated rings. The predicted octanol–water partition coefficient (Wildman–Crippen LogP) is 2.95. The van der Waals surface area contributed by atoms with Gasteiger partial charge in [-0.2, -0.15) is 0 Å². The Morgan fingerprint density at radius 2 is 2.06 bits per heavy atom. The van der Waals surface area contributed by atoms with E-state index in [4.69, 9.17) is 20.6 Å². The van der Waals surface area contributed by atoms with Gasteiger partial charge in [-0.3, -0.25) is 10.3 Å². The second-order valence-electron chi connectivity index (χ2n) is 9.27. The highest BCUT2D eigenvalue weighted by molar-refractivity contribution is 6.13. The van der Waals surface area contributed by atoms with Crippen LogP contribution in [0, 0.1) is 5.41 Å². The maximum Gasteiger partial charge on any atom is 0.132 e. The molecule has 1 saturated carbocycles. The van der Waals surface area contributed by atoms with Gasteiger partial charge >= 0.3 is 0 Å². The van der Waals surface area contributed by atoms with E-state index in [9.17, 15) is 0 Å². The Morgan fingerprint density at radius 3 is 2.75 bits per heavy atom. The summed E-state index contributed by atoms with van der Waals surface area (Å²) in [5.74, 6) is 1.57. The molecule has 1 aromatic carbocycles. The van der Waals surface area contributed by atoms with Crippen LogP contribution >= 0.6 is 0 Å². The summed E-state index contributed by atoms with van der Waals surface area (Å²) in [5, 5.41) is 8.77.